The zero-order valence-electron chi connectivity index (χ0n) is 47.2. The van der Waals surface area contributed by atoms with E-state index < -0.39 is 32.5 Å². The zero-order valence-corrected chi connectivity index (χ0v) is 48.1. The van der Waals surface area contributed by atoms with Crippen LogP contribution in [0.3, 0.4) is 0 Å². The summed E-state index contributed by atoms with van der Waals surface area (Å²) in [5.41, 5.74) is 0. The molecule has 1 amide bonds. The molecule has 0 bridgehead atoms. The number of likely N-dealkylation sites (N-methyl/N-ethyl adjacent to an activating group) is 1. The van der Waals surface area contributed by atoms with E-state index in [1.807, 2.05) is 33.3 Å². The van der Waals surface area contributed by atoms with E-state index in [9.17, 15) is 19.0 Å². The SMILES string of the molecule is CCCCC/C=C\C/C=C\C/C=C\C/C=C\CCCC(=O)OC(/C=C/CCCCCCCCCCCCC)C(COP(=O)([O-])OCC[N+](C)(C)C)NC(=O)CCCCCCCCCCCCCCCCC. The van der Waals surface area contributed by atoms with Gasteiger partial charge in [-0.05, 0) is 70.3 Å². The summed E-state index contributed by atoms with van der Waals surface area (Å²) in [6.45, 7) is 6.79. The number of unbranched alkanes of at least 4 members (excludes halogenated alkanes) is 29. The van der Waals surface area contributed by atoms with Crippen LogP contribution in [-0.4, -0.2) is 69.4 Å². The molecule has 71 heavy (non-hydrogen) atoms. The Balaban J connectivity index is 5.43. The third kappa shape index (κ3) is 52.4. The van der Waals surface area contributed by atoms with Crippen LogP contribution >= 0.6 is 7.82 Å². The number of carbonyl (C=O) groups is 2. The van der Waals surface area contributed by atoms with Gasteiger partial charge in [-0.3, -0.25) is 14.2 Å². The normalized spacial score (nSPS) is 14.2. The Morgan fingerprint density at radius 1 is 0.493 bits per heavy atom. The van der Waals surface area contributed by atoms with Crippen molar-refractivity contribution in [3.05, 3.63) is 60.8 Å². The fourth-order valence-corrected chi connectivity index (χ4v) is 9.06. The van der Waals surface area contributed by atoms with Gasteiger partial charge in [0.1, 0.15) is 19.3 Å². The van der Waals surface area contributed by atoms with E-state index in [0.29, 0.717) is 23.9 Å². The molecule has 0 saturated heterocycles. The third-order valence-corrected chi connectivity index (χ3v) is 13.9. The molecule has 0 rings (SSSR count). The first-order chi connectivity index (χ1) is 34.4. The Morgan fingerprint density at radius 2 is 0.873 bits per heavy atom. The van der Waals surface area contributed by atoms with Gasteiger partial charge in [-0.25, -0.2) is 0 Å². The summed E-state index contributed by atoms with van der Waals surface area (Å²) in [4.78, 5) is 39.9. The summed E-state index contributed by atoms with van der Waals surface area (Å²) in [5, 5.41) is 3.01. The van der Waals surface area contributed by atoms with Crippen LogP contribution < -0.4 is 10.2 Å². The zero-order chi connectivity index (χ0) is 52.2. The molecule has 1 N–H and O–H groups in total. The highest BCUT2D eigenvalue weighted by Gasteiger charge is 2.27. The van der Waals surface area contributed by atoms with Crippen LogP contribution in [0.15, 0.2) is 60.8 Å². The largest absolute Gasteiger partial charge is 0.756 e. The Hall–Kier alpha value is -2.29. The Kier molecular flexibility index (Phi) is 49.6. The van der Waals surface area contributed by atoms with E-state index in [4.69, 9.17) is 13.8 Å². The number of hydrogen-bond donors (Lipinski definition) is 1. The molecule has 0 fully saturated rings. The number of carbonyl (C=O) groups excluding carboxylic acids is 2. The lowest BCUT2D eigenvalue weighted by molar-refractivity contribution is -0.870. The molecular formula is C61H113N2O7P. The van der Waals surface area contributed by atoms with E-state index in [-0.39, 0.29) is 18.9 Å². The number of hydrogen-bond acceptors (Lipinski definition) is 7. The molecule has 0 aliphatic rings. The van der Waals surface area contributed by atoms with Gasteiger partial charge in [-0.2, -0.15) is 0 Å². The van der Waals surface area contributed by atoms with Crippen molar-refractivity contribution in [2.45, 2.75) is 277 Å². The van der Waals surface area contributed by atoms with Crippen molar-refractivity contribution in [2.24, 2.45) is 0 Å². The van der Waals surface area contributed by atoms with E-state index in [1.165, 1.54) is 161 Å². The molecule has 0 saturated carbocycles. The van der Waals surface area contributed by atoms with Crippen LogP contribution in [-0.2, 0) is 27.9 Å². The van der Waals surface area contributed by atoms with Gasteiger partial charge >= 0.3 is 5.97 Å². The van der Waals surface area contributed by atoms with E-state index in [0.717, 1.165) is 64.2 Å². The van der Waals surface area contributed by atoms with E-state index in [2.05, 4.69) is 74.7 Å². The molecule has 0 aliphatic carbocycles. The Morgan fingerprint density at radius 3 is 1.34 bits per heavy atom. The van der Waals surface area contributed by atoms with Crippen molar-refractivity contribution in [1.29, 1.82) is 0 Å². The van der Waals surface area contributed by atoms with Gasteiger partial charge in [0.15, 0.2) is 0 Å². The average Bonchev–Trinajstić information content (AvgIpc) is 3.33. The molecule has 10 heteroatoms. The lowest BCUT2D eigenvalue weighted by atomic mass is 10.0. The standard InChI is InChI=1S/C61H113N2O7P/c1-7-10-13-16-19-22-25-28-30-31-33-36-39-42-45-48-51-54-61(65)70-59(52-49-46-43-40-37-34-27-24-21-18-15-12-9-3)58(57-69-71(66,67)68-56-55-63(4,5)6)62-60(64)53-50-47-44-41-38-35-32-29-26-23-20-17-14-11-8-2/h19,22,28,30,33,36,42,45,49,52,58-59H,7-18,20-21,23-27,29,31-32,34-35,37-41,43-44,46-48,50-51,53-57H2,1-6H3,(H-,62,64,66,67)/b22-19-,30-28-,36-33-,45-42-,52-49+. The lowest BCUT2D eigenvalue weighted by Gasteiger charge is -2.30. The van der Waals surface area contributed by atoms with Gasteiger partial charge in [-0.15, -0.1) is 0 Å². The fraction of sp³-hybridized carbons (Fsp3) is 0.803. The minimum atomic E-state index is -4.71. The first-order valence-electron chi connectivity index (χ1n) is 29.6. The number of nitrogens with zero attached hydrogens (tertiary/aromatic N) is 1. The second-order valence-electron chi connectivity index (χ2n) is 21.2. The molecule has 0 spiro atoms. The smallest absolute Gasteiger partial charge is 0.306 e. The number of quaternary nitrogens is 1. The van der Waals surface area contributed by atoms with E-state index in [1.54, 1.807) is 0 Å². The van der Waals surface area contributed by atoms with Crippen molar-refractivity contribution in [1.82, 2.24) is 5.32 Å². The molecule has 9 nitrogen and oxygen atoms in total. The fourth-order valence-electron chi connectivity index (χ4n) is 8.34. The highest BCUT2D eigenvalue weighted by molar-refractivity contribution is 7.45. The van der Waals surface area contributed by atoms with Gasteiger partial charge in [-0.1, -0.05) is 242 Å². The first-order valence-corrected chi connectivity index (χ1v) is 31.1. The summed E-state index contributed by atoms with van der Waals surface area (Å²) in [6.07, 6.45) is 63.3. The van der Waals surface area contributed by atoms with Crippen LogP contribution in [0.4, 0.5) is 0 Å². The summed E-state index contributed by atoms with van der Waals surface area (Å²) >= 11 is 0. The summed E-state index contributed by atoms with van der Waals surface area (Å²) in [5.74, 6) is -0.600. The van der Waals surface area contributed by atoms with Crippen molar-refractivity contribution in [3.8, 4) is 0 Å². The number of phosphoric acid groups is 1. The highest BCUT2D eigenvalue weighted by atomic mass is 31.2. The number of esters is 1. The topological polar surface area (TPSA) is 114 Å². The minimum absolute atomic E-state index is 0.0305. The van der Waals surface area contributed by atoms with Crippen LogP contribution in [0, 0.1) is 0 Å². The molecule has 0 radical (unpaired) electrons. The maximum atomic E-state index is 13.5. The highest BCUT2D eigenvalue weighted by Crippen LogP contribution is 2.38. The summed E-state index contributed by atoms with van der Waals surface area (Å²) < 4.78 is 30.2. The predicted octanol–water partition coefficient (Wildman–Crippen LogP) is 17.3. The Labute approximate surface area is 439 Å². The van der Waals surface area contributed by atoms with Crippen LogP contribution in [0.1, 0.15) is 265 Å². The van der Waals surface area contributed by atoms with Gasteiger partial charge in [0.05, 0.1) is 33.8 Å². The van der Waals surface area contributed by atoms with Crippen LogP contribution in [0.5, 0.6) is 0 Å². The quantitative estimate of drug-likeness (QED) is 0.0212. The number of nitrogens with one attached hydrogen (secondary N) is 1. The molecular weight excluding hydrogens is 904 g/mol. The summed E-state index contributed by atoms with van der Waals surface area (Å²) in [6, 6.07) is -0.908. The predicted molar refractivity (Wildman–Crippen MR) is 302 cm³/mol. The van der Waals surface area contributed by atoms with E-state index >= 15 is 0 Å². The van der Waals surface area contributed by atoms with Gasteiger partial charge < -0.3 is 28.5 Å². The molecule has 0 heterocycles. The monoisotopic (exact) mass is 1020 g/mol. The Bertz CT molecular complexity index is 1400. The number of phosphoric ester groups is 1. The lowest BCUT2D eigenvalue weighted by Crippen LogP contribution is -2.47. The molecule has 0 aromatic carbocycles. The van der Waals surface area contributed by atoms with Gasteiger partial charge in [0, 0.05) is 12.8 Å². The number of allylic oxidation sites excluding steroid dienone is 9. The second kappa shape index (κ2) is 51.2. The number of rotatable bonds is 53. The molecule has 3 atom stereocenters. The summed E-state index contributed by atoms with van der Waals surface area (Å²) in [7, 11) is 1.16. The number of amides is 1. The molecule has 0 aromatic rings. The van der Waals surface area contributed by atoms with Crippen LogP contribution in [0.2, 0.25) is 0 Å². The van der Waals surface area contributed by atoms with Crippen molar-refractivity contribution in [3.63, 3.8) is 0 Å². The maximum absolute atomic E-state index is 13.5. The maximum Gasteiger partial charge on any atom is 0.306 e. The van der Waals surface area contributed by atoms with Crippen molar-refractivity contribution >= 4 is 19.7 Å². The number of ether oxygens (including phenoxy) is 1. The molecule has 414 valence electrons. The minimum Gasteiger partial charge on any atom is -0.756 e. The van der Waals surface area contributed by atoms with Crippen molar-refractivity contribution < 1.29 is 37.3 Å². The molecule has 3 unspecified atom stereocenters. The van der Waals surface area contributed by atoms with Crippen LogP contribution in [0.25, 0.3) is 0 Å². The first kappa shape index (κ1) is 68.7. The van der Waals surface area contributed by atoms with Gasteiger partial charge in [0.2, 0.25) is 5.91 Å². The second-order valence-corrected chi connectivity index (χ2v) is 22.6. The average molecular weight is 1020 g/mol. The third-order valence-electron chi connectivity index (χ3n) is 13.0. The van der Waals surface area contributed by atoms with Crippen molar-refractivity contribution in [2.75, 3.05) is 40.9 Å². The van der Waals surface area contributed by atoms with Gasteiger partial charge in [0.25, 0.3) is 7.82 Å². The molecule has 0 aromatic heterocycles. The molecule has 0 aliphatic heterocycles.